The zero-order valence-electron chi connectivity index (χ0n) is 18.3. The Labute approximate surface area is 198 Å². The Hall–Kier alpha value is -1.71. The average molecular weight is 479 g/mol. The van der Waals surface area contributed by atoms with Crippen LogP contribution in [0.2, 0.25) is 5.02 Å². The van der Waals surface area contributed by atoms with Gasteiger partial charge in [0.1, 0.15) is 30.2 Å². The van der Waals surface area contributed by atoms with Crippen LogP contribution < -0.4 is 4.74 Å². The number of halogens is 1. The van der Waals surface area contributed by atoms with Crippen LogP contribution in [-0.4, -0.2) is 62.7 Å². The Balaban J connectivity index is 1.51. The van der Waals surface area contributed by atoms with Crippen LogP contribution in [0.3, 0.4) is 0 Å². The molecule has 2 fully saturated rings. The smallest absolute Gasteiger partial charge is 0.222 e. The molecule has 0 amide bonds. The lowest BCUT2D eigenvalue weighted by Gasteiger charge is -2.45. The van der Waals surface area contributed by atoms with Crippen LogP contribution >= 0.6 is 11.6 Å². The van der Waals surface area contributed by atoms with Gasteiger partial charge in [-0.25, -0.2) is 0 Å². The van der Waals surface area contributed by atoms with E-state index < -0.39 is 36.8 Å². The maximum absolute atomic E-state index is 11.1. The molecule has 1 aliphatic heterocycles. The number of benzene rings is 2. The predicted molar refractivity (Wildman–Crippen MR) is 122 cm³/mol. The van der Waals surface area contributed by atoms with Gasteiger partial charge in [0, 0.05) is 10.6 Å². The third-order valence-corrected chi connectivity index (χ3v) is 6.97. The molecule has 4 rings (SSSR count). The van der Waals surface area contributed by atoms with Gasteiger partial charge < -0.3 is 35.0 Å². The van der Waals surface area contributed by atoms with Crippen molar-refractivity contribution in [3.8, 4) is 5.75 Å². The second kappa shape index (κ2) is 10.3. The van der Waals surface area contributed by atoms with E-state index in [0.717, 1.165) is 24.2 Å². The lowest BCUT2D eigenvalue weighted by atomic mass is 9.87. The molecule has 5 N–H and O–H groups in total. The van der Waals surface area contributed by atoms with E-state index in [9.17, 15) is 25.5 Å². The van der Waals surface area contributed by atoms with E-state index in [-0.39, 0.29) is 11.7 Å². The Morgan fingerprint density at radius 1 is 0.970 bits per heavy atom. The highest BCUT2D eigenvalue weighted by atomic mass is 35.5. The van der Waals surface area contributed by atoms with Crippen LogP contribution in [0.4, 0.5) is 0 Å². The molecule has 33 heavy (non-hydrogen) atoms. The van der Waals surface area contributed by atoms with Gasteiger partial charge >= 0.3 is 0 Å². The SMILES string of the molecule is OC[C@H]1OC(O)(c2ccc(Cl)c(Cc3ccc(OC4CCCCC4)cc3)c2)[C@H](O)[C@@H](O)[C@@H]1O. The molecule has 8 heteroatoms. The highest BCUT2D eigenvalue weighted by Crippen LogP contribution is 2.38. The van der Waals surface area contributed by atoms with E-state index in [1.165, 1.54) is 25.3 Å². The first-order valence-corrected chi connectivity index (χ1v) is 11.8. The zero-order valence-corrected chi connectivity index (χ0v) is 19.1. The normalized spacial score (nSPS) is 30.8. The maximum Gasteiger partial charge on any atom is 0.222 e. The summed E-state index contributed by atoms with van der Waals surface area (Å²) in [6, 6.07) is 12.4. The predicted octanol–water partition coefficient (Wildman–Crippen LogP) is 2.26. The Kier molecular flexibility index (Phi) is 7.60. The summed E-state index contributed by atoms with van der Waals surface area (Å²) >= 11 is 6.40. The largest absolute Gasteiger partial charge is 0.490 e. The monoisotopic (exact) mass is 478 g/mol. The van der Waals surface area contributed by atoms with Gasteiger partial charge in [0.05, 0.1) is 12.7 Å². The van der Waals surface area contributed by atoms with E-state index in [1.54, 1.807) is 12.1 Å². The summed E-state index contributed by atoms with van der Waals surface area (Å²) < 4.78 is 11.5. The van der Waals surface area contributed by atoms with Crippen LogP contribution in [0.1, 0.15) is 48.8 Å². The van der Waals surface area contributed by atoms with Gasteiger partial charge in [0.2, 0.25) is 5.79 Å². The first-order valence-electron chi connectivity index (χ1n) is 11.4. The molecule has 0 bridgehead atoms. The van der Waals surface area contributed by atoms with Crippen molar-refractivity contribution in [2.24, 2.45) is 0 Å². The minimum atomic E-state index is -2.32. The maximum atomic E-state index is 11.1. The summed E-state index contributed by atoms with van der Waals surface area (Å²) in [6.45, 7) is -0.636. The quantitative estimate of drug-likeness (QED) is 0.432. The number of hydrogen-bond acceptors (Lipinski definition) is 7. The van der Waals surface area contributed by atoms with Crippen LogP contribution in [-0.2, 0) is 16.9 Å². The molecule has 2 aliphatic rings. The molecule has 0 aromatic heterocycles. The van der Waals surface area contributed by atoms with Crippen molar-refractivity contribution in [2.75, 3.05) is 6.61 Å². The van der Waals surface area contributed by atoms with Gasteiger partial charge in [-0.3, -0.25) is 0 Å². The van der Waals surface area contributed by atoms with E-state index in [0.29, 0.717) is 17.0 Å². The standard InChI is InChI=1S/C25H31ClO7/c26-20-11-8-17(25(31)24(30)23(29)22(28)21(14-27)33-25)13-16(20)12-15-6-9-19(10-7-15)32-18-4-2-1-3-5-18/h6-11,13,18,21-24,27-31H,1-5,12,14H2/t21-,22-,23+,24-,25?/m1/s1. The Bertz CT molecular complexity index is 929. The molecule has 1 aliphatic carbocycles. The van der Waals surface area contributed by atoms with E-state index >= 15 is 0 Å². The number of hydrogen-bond donors (Lipinski definition) is 5. The lowest BCUT2D eigenvalue weighted by molar-refractivity contribution is -0.357. The van der Waals surface area contributed by atoms with Crippen molar-refractivity contribution in [3.63, 3.8) is 0 Å². The summed E-state index contributed by atoms with van der Waals surface area (Å²) in [4.78, 5) is 0. The highest BCUT2D eigenvalue weighted by Gasteiger charge is 2.53. The molecule has 5 atom stereocenters. The molecular formula is C25H31ClO7. The van der Waals surface area contributed by atoms with Crippen LogP contribution in [0.15, 0.2) is 42.5 Å². The summed E-state index contributed by atoms with van der Waals surface area (Å²) in [6.07, 6.45) is 0.276. The third kappa shape index (κ3) is 5.20. The number of aliphatic hydroxyl groups excluding tert-OH is 4. The van der Waals surface area contributed by atoms with Crippen LogP contribution in [0.25, 0.3) is 0 Å². The topological polar surface area (TPSA) is 120 Å². The summed E-state index contributed by atoms with van der Waals surface area (Å²) in [5.74, 6) is -1.48. The molecule has 1 unspecified atom stereocenters. The first kappa shape index (κ1) is 24.4. The molecule has 180 valence electrons. The van der Waals surface area contributed by atoms with Crippen molar-refractivity contribution >= 4 is 11.6 Å². The first-order chi connectivity index (χ1) is 15.8. The summed E-state index contributed by atoms with van der Waals surface area (Å²) in [5, 5.41) is 51.5. The van der Waals surface area contributed by atoms with Gasteiger partial charge in [-0.05, 0) is 67.5 Å². The average Bonchev–Trinajstić information content (AvgIpc) is 2.83. The van der Waals surface area contributed by atoms with Crippen LogP contribution in [0, 0.1) is 0 Å². The second-order valence-electron chi connectivity index (χ2n) is 8.97. The second-order valence-corrected chi connectivity index (χ2v) is 9.37. The molecule has 2 aromatic rings. The zero-order chi connectivity index (χ0) is 23.6. The molecule has 7 nitrogen and oxygen atoms in total. The number of rotatable bonds is 6. The van der Waals surface area contributed by atoms with Gasteiger partial charge in [-0.1, -0.05) is 36.2 Å². The number of aliphatic hydroxyl groups is 5. The fraction of sp³-hybridized carbons (Fsp3) is 0.520. The summed E-state index contributed by atoms with van der Waals surface area (Å²) in [5.41, 5.74) is 1.82. The number of ether oxygens (including phenoxy) is 2. The van der Waals surface area contributed by atoms with Gasteiger partial charge in [-0.15, -0.1) is 0 Å². The van der Waals surface area contributed by atoms with Crippen molar-refractivity contribution in [2.45, 2.75) is 74.8 Å². The minimum absolute atomic E-state index is 0.163. The third-order valence-electron chi connectivity index (χ3n) is 6.60. The van der Waals surface area contributed by atoms with Gasteiger partial charge in [0.15, 0.2) is 0 Å². The minimum Gasteiger partial charge on any atom is -0.490 e. The van der Waals surface area contributed by atoms with Crippen molar-refractivity contribution < 1.29 is 35.0 Å². The Morgan fingerprint density at radius 3 is 2.33 bits per heavy atom. The molecule has 2 aromatic carbocycles. The van der Waals surface area contributed by atoms with Crippen LogP contribution in [0.5, 0.6) is 5.75 Å². The van der Waals surface area contributed by atoms with Crippen molar-refractivity contribution in [1.82, 2.24) is 0 Å². The molecular weight excluding hydrogens is 448 g/mol. The van der Waals surface area contributed by atoms with E-state index in [4.69, 9.17) is 21.1 Å². The molecule has 1 saturated heterocycles. The van der Waals surface area contributed by atoms with Gasteiger partial charge in [-0.2, -0.15) is 0 Å². The highest BCUT2D eigenvalue weighted by molar-refractivity contribution is 6.31. The lowest BCUT2D eigenvalue weighted by Crippen LogP contribution is -2.63. The Morgan fingerprint density at radius 2 is 1.67 bits per heavy atom. The van der Waals surface area contributed by atoms with E-state index in [1.807, 2.05) is 24.3 Å². The molecule has 0 spiro atoms. The van der Waals surface area contributed by atoms with Crippen molar-refractivity contribution in [1.29, 1.82) is 0 Å². The molecule has 1 saturated carbocycles. The fourth-order valence-electron chi connectivity index (χ4n) is 4.61. The summed E-state index contributed by atoms with van der Waals surface area (Å²) in [7, 11) is 0. The molecule has 0 radical (unpaired) electrons. The fourth-order valence-corrected chi connectivity index (χ4v) is 4.79. The van der Waals surface area contributed by atoms with Gasteiger partial charge in [0.25, 0.3) is 0 Å². The molecule has 1 heterocycles. The van der Waals surface area contributed by atoms with Crippen molar-refractivity contribution in [3.05, 3.63) is 64.2 Å². The van der Waals surface area contributed by atoms with E-state index in [2.05, 4.69) is 0 Å².